The van der Waals surface area contributed by atoms with Crippen molar-refractivity contribution in [3.63, 3.8) is 0 Å². The van der Waals surface area contributed by atoms with E-state index in [0.717, 1.165) is 0 Å². The fourth-order valence-electron chi connectivity index (χ4n) is 6.07. The van der Waals surface area contributed by atoms with Gasteiger partial charge in [-0.2, -0.15) is 0 Å². The number of rotatable bonds is 45. The van der Waals surface area contributed by atoms with Crippen LogP contribution in [-0.2, 0) is 105 Å². The Labute approximate surface area is 562 Å². The molecule has 35 nitrogen and oxygen atoms in total. The summed E-state index contributed by atoms with van der Waals surface area (Å²) in [5, 5.41) is 23.7. The first kappa shape index (κ1) is 90.7. The van der Waals surface area contributed by atoms with Gasteiger partial charge < -0.3 is 98.6 Å². The summed E-state index contributed by atoms with van der Waals surface area (Å²) in [4.78, 5) is 172. The number of carboxylic acids is 1. The molecule has 0 saturated heterocycles. The maximum atomic E-state index is 11.8. The predicted molar refractivity (Wildman–Crippen MR) is 339 cm³/mol. The summed E-state index contributed by atoms with van der Waals surface area (Å²) in [6.07, 6.45) is -1.16. The first-order valence-corrected chi connectivity index (χ1v) is 30.0. The molecule has 0 aliphatic rings. The molecule has 0 spiro atoms. The molecular formula is C62H94N6O29. The van der Waals surface area contributed by atoms with Gasteiger partial charge >= 0.3 is 84.3 Å². The number of aliphatic carboxylic acids is 1. The lowest BCUT2D eigenvalue weighted by Gasteiger charge is -2.16. The number of methoxy groups -OCH3 is 1. The van der Waals surface area contributed by atoms with Gasteiger partial charge in [-0.15, -0.1) is 0 Å². The zero-order valence-electron chi connectivity index (χ0n) is 56.3. The Morgan fingerprint density at radius 1 is 0.299 bits per heavy atom. The fourth-order valence-corrected chi connectivity index (χ4v) is 6.07. The number of hydrogen-bond acceptors (Lipinski definition) is 28. The van der Waals surface area contributed by atoms with Crippen LogP contribution >= 0.6 is 0 Å². The number of carboxylic acid groups (broad SMARTS) is 1. The van der Waals surface area contributed by atoms with Crippen LogP contribution in [-0.4, -0.2) is 219 Å². The summed E-state index contributed by atoms with van der Waals surface area (Å²) in [7, 11) is 1.19. The molecule has 3 atom stereocenters. The number of ketones is 1. The van der Waals surface area contributed by atoms with Crippen molar-refractivity contribution in [3.8, 4) is 0 Å². The minimum atomic E-state index is -1.24. The molecule has 0 fully saturated rings. The minimum absolute atomic E-state index is 0.0719. The second kappa shape index (κ2) is 55.9. The third-order valence-corrected chi connectivity index (χ3v) is 11.1. The zero-order valence-corrected chi connectivity index (χ0v) is 56.3. The highest BCUT2D eigenvalue weighted by Gasteiger charge is 2.24. The second-order valence-electron chi connectivity index (χ2n) is 20.1. The van der Waals surface area contributed by atoms with Gasteiger partial charge in [-0.1, -0.05) is 39.5 Å². The highest BCUT2D eigenvalue weighted by atomic mass is 16.6. The molecule has 0 saturated carbocycles. The highest BCUT2D eigenvalue weighted by molar-refractivity contribution is 5.89. The Balaban J connectivity index is -0.00000137. The molecule has 0 rings (SSSR count). The van der Waals surface area contributed by atoms with Crippen molar-refractivity contribution in [3.05, 3.63) is 72.9 Å². The quantitative estimate of drug-likeness (QED) is 0.0191. The van der Waals surface area contributed by atoms with Gasteiger partial charge in [0.05, 0.1) is 13.2 Å². The Morgan fingerprint density at radius 3 is 0.732 bits per heavy atom. The van der Waals surface area contributed by atoms with Crippen molar-refractivity contribution in [2.75, 3.05) is 106 Å². The van der Waals surface area contributed by atoms with Gasteiger partial charge in [0.25, 0.3) is 0 Å². The molecule has 0 aliphatic heterocycles. The van der Waals surface area contributed by atoms with Gasteiger partial charge in [0.1, 0.15) is 91.4 Å². The fraction of sp³-hybridized carbons (Fsp3) is 0.565. The molecular weight excluding hydrogens is 1290 g/mol. The van der Waals surface area contributed by atoms with Gasteiger partial charge in [0.2, 0.25) is 0 Å². The molecule has 0 unspecified atom stereocenters. The maximum absolute atomic E-state index is 11.8. The topological polar surface area (TPSA) is 468 Å². The average molecular weight is 1390 g/mol. The number of carbonyl (C=O) groups excluding carboxylic acids is 14. The Bertz CT molecular complexity index is 2570. The number of hydrogen-bond donors (Lipinski definition) is 7. The predicted octanol–water partition coefficient (Wildman–Crippen LogP) is 4.50. The number of nitrogens with one attached hydrogen (secondary N) is 6. The summed E-state index contributed by atoms with van der Waals surface area (Å²) in [5.41, 5.74) is 1.39. The lowest BCUT2D eigenvalue weighted by Crippen LogP contribution is -2.42. The first-order valence-electron chi connectivity index (χ1n) is 30.0. The lowest BCUT2D eigenvalue weighted by molar-refractivity contribution is -0.143. The number of unbranched alkanes of at least 4 members (excludes halogenated alkanes) is 3. The van der Waals surface area contributed by atoms with Crippen LogP contribution in [0, 0.1) is 0 Å². The van der Waals surface area contributed by atoms with E-state index in [1.54, 1.807) is 0 Å². The number of amides is 6. The van der Waals surface area contributed by atoms with E-state index in [9.17, 15) is 77.0 Å². The molecule has 6 amide bonds. The van der Waals surface area contributed by atoms with E-state index in [1.807, 2.05) is 0 Å². The molecule has 0 aromatic rings. The minimum Gasteiger partial charge on any atom is -0.480 e. The molecule has 0 aliphatic carbocycles. The molecule has 97 heavy (non-hydrogen) atoms. The van der Waals surface area contributed by atoms with Crippen molar-refractivity contribution >= 4 is 90.1 Å². The van der Waals surface area contributed by atoms with Crippen LogP contribution in [0.4, 0.5) is 28.8 Å². The zero-order chi connectivity index (χ0) is 74.3. The number of alkyl carbamates (subject to hydrolysis) is 6. The third-order valence-electron chi connectivity index (χ3n) is 11.1. The van der Waals surface area contributed by atoms with Crippen molar-refractivity contribution < 1.29 is 139 Å². The second-order valence-corrected chi connectivity index (χ2v) is 20.1. The van der Waals surface area contributed by atoms with Crippen molar-refractivity contribution in [2.45, 2.75) is 124 Å². The lowest BCUT2D eigenvalue weighted by atomic mass is 10.1. The van der Waals surface area contributed by atoms with E-state index >= 15 is 0 Å². The van der Waals surface area contributed by atoms with E-state index in [1.165, 1.54) is 55.6 Å². The number of Topliss-reactive ketones (excluding diaryl/α,β-unsaturated/α-hetero) is 1. The first-order chi connectivity index (χ1) is 45.7. The Kier molecular flexibility index (Phi) is 52.3. The van der Waals surface area contributed by atoms with Crippen LogP contribution in [0.25, 0.3) is 0 Å². The molecule has 35 heteroatoms. The average Bonchev–Trinajstić information content (AvgIpc) is 1.38. The SMILES string of the molecule is C=C(C)C(=O)OCCOC(=O)NCCCC[C@H](NC(=O)OCCOC(=O)C(=C)C)C(=O)O.C=C(C)C(=O)OCCOC(=O)NCCCC[C@H](NC(=O)OCCOC(=O)C(=C)C)C(=O)OC.C=C(C)C(=O)OCCOC(=O)NCCCC[C@H](NC(=O)OCCOC(=O)C(=C)C)C(C)=O. The summed E-state index contributed by atoms with van der Waals surface area (Å²) in [6, 6.07) is -2.87. The van der Waals surface area contributed by atoms with Gasteiger partial charge in [0.15, 0.2) is 5.78 Å². The maximum Gasteiger partial charge on any atom is 0.407 e. The molecule has 0 bridgehead atoms. The van der Waals surface area contributed by atoms with E-state index in [-0.39, 0.29) is 144 Å². The van der Waals surface area contributed by atoms with Crippen LogP contribution in [0.2, 0.25) is 0 Å². The molecule has 0 radical (unpaired) electrons. The summed E-state index contributed by atoms with van der Waals surface area (Å²) >= 11 is 0. The number of ether oxygens (including phenoxy) is 13. The normalized spacial score (nSPS) is 10.8. The van der Waals surface area contributed by atoms with E-state index in [0.29, 0.717) is 51.5 Å². The smallest absolute Gasteiger partial charge is 0.407 e. The summed E-state index contributed by atoms with van der Waals surface area (Å²) in [5.74, 6) is -5.65. The van der Waals surface area contributed by atoms with Crippen molar-refractivity contribution in [1.82, 2.24) is 31.9 Å². The molecule has 7 N–H and O–H groups in total. The van der Waals surface area contributed by atoms with Crippen LogP contribution in [0.5, 0.6) is 0 Å². The molecule has 0 aromatic carbocycles. The summed E-state index contributed by atoms with van der Waals surface area (Å²) in [6.45, 7) is 30.0. The molecule has 0 aromatic heterocycles. The van der Waals surface area contributed by atoms with Crippen LogP contribution < -0.4 is 31.9 Å². The van der Waals surface area contributed by atoms with Gasteiger partial charge in [-0.3, -0.25) is 4.79 Å². The van der Waals surface area contributed by atoms with Crippen LogP contribution in [0.15, 0.2) is 72.9 Å². The van der Waals surface area contributed by atoms with Crippen molar-refractivity contribution in [1.29, 1.82) is 0 Å². The van der Waals surface area contributed by atoms with E-state index < -0.39 is 102 Å². The molecule has 546 valence electrons. The number of esters is 7. The van der Waals surface area contributed by atoms with Crippen molar-refractivity contribution in [2.24, 2.45) is 0 Å². The van der Waals surface area contributed by atoms with Crippen LogP contribution in [0.1, 0.15) is 106 Å². The number of carbonyl (C=O) groups is 15. The van der Waals surface area contributed by atoms with E-state index in [4.69, 9.17) is 56.8 Å². The standard InChI is InChI=1S/C21H32N2O10.C21H32N2O9.C20H30N2O10/c1-14(2)17(24)30-10-12-32-20(27)22-9-7-6-8-16(19(26)29-5)23-21(28)33-13-11-31-18(25)15(3)4;1-14(2)18(25)29-10-12-31-20(27)22-9-7-6-8-17(16(5)24)23-21(28)32-13-11-30-19(26)15(3)4;1-13(2)17(25)29-9-11-31-19(27)21-8-6-5-7-15(16(23)24)22-20(28)32-12-10-30-18(26)14(3)4/h16H,1,3,6-13H2,2,4-5H3,(H,22,27)(H,23,28);17H,1,3,6-13H2,2,4-5H3,(H,22,27)(H,23,28);15H,1,3,5-12H2,2,4H3,(H,21,27)(H,22,28)(H,23,24)/t16-;17-;15-/m000/s1. The molecule has 0 heterocycles. The van der Waals surface area contributed by atoms with E-state index in [2.05, 4.69) is 76.1 Å². The van der Waals surface area contributed by atoms with Gasteiger partial charge in [-0.05, 0) is 106 Å². The van der Waals surface area contributed by atoms with Gasteiger partial charge in [-0.25, -0.2) is 67.1 Å². The highest BCUT2D eigenvalue weighted by Crippen LogP contribution is 2.07. The monoisotopic (exact) mass is 1390 g/mol. The Morgan fingerprint density at radius 2 is 0.505 bits per heavy atom. The van der Waals surface area contributed by atoms with Crippen LogP contribution in [0.3, 0.4) is 0 Å². The largest absolute Gasteiger partial charge is 0.480 e. The summed E-state index contributed by atoms with van der Waals surface area (Å²) < 4.78 is 62.3. The Hall–Kier alpha value is -10.5. The third kappa shape index (κ3) is 53.6. The van der Waals surface area contributed by atoms with Gasteiger partial charge in [0, 0.05) is 53.1 Å².